The van der Waals surface area contributed by atoms with Crippen molar-refractivity contribution < 1.29 is 18.7 Å². The quantitative estimate of drug-likeness (QED) is 0.702. The van der Waals surface area contributed by atoms with Crippen molar-refractivity contribution in [3.05, 3.63) is 77.7 Å². The van der Waals surface area contributed by atoms with Gasteiger partial charge >= 0.3 is 0 Å². The van der Waals surface area contributed by atoms with Crippen LogP contribution in [-0.2, 0) is 11.2 Å². The largest absolute Gasteiger partial charge is 0.481 e. The number of nitrogens with one attached hydrogen (secondary N) is 1. The number of carbonyl (C=O) groups is 2. The number of benzene rings is 2. The van der Waals surface area contributed by atoms with E-state index in [4.69, 9.17) is 14.4 Å². The van der Waals surface area contributed by atoms with Gasteiger partial charge in [0.05, 0.1) is 23.5 Å². The SMILES string of the molecule is CC(Oc1cccc(C#N)c1)C(=O)Nc1ccc2c(c1)CCN2C(=O)c1ccoc1. The van der Waals surface area contributed by atoms with Gasteiger partial charge in [0.15, 0.2) is 6.10 Å². The summed E-state index contributed by atoms with van der Waals surface area (Å²) < 4.78 is 10.6. The minimum atomic E-state index is -0.744. The Hall–Kier alpha value is -4.05. The number of carbonyl (C=O) groups excluding carboxylic acids is 2. The lowest BCUT2D eigenvalue weighted by Gasteiger charge is -2.17. The van der Waals surface area contributed by atoms with Crippen molar-refractivity contribution in [2.24, 2.45) is 0 Å². The van der Waals surface area contributed by atoms with E-state index in [0.29, 0.717) is 35.5 Å². The maximum Gasteiger partial charge on any atom is 0.265 e. The van der Waals surface area contributed by atoms with Gasteiger partial charge in [-0.25, -0.2) is 0 Å². The van der Waals surface area contributed by atoms with Gasteiger partial charge in [0, 0.05) is 17.9 Å². The third-order valence-electron chi connectivity index (χ3n) is 4.90. The Kier molecular flexibility index (Phi) is 5.22. The maximum atomic E-state index is 12.6. The number of anilines is 2. The first-order valence-corrected chi connectivity index (χ1v) is 9.50. The summed E-state index contributed by atoms with van der Waals surface area (Å²) in [6, 6.07) is 15.8. The lowest BCUT2D eigenvalue weighted by atomic mass is 10.1. The van der Waals surface area contributed by atoms with Crippen molar-refractivity contribution in [2.45, 2.75) is 19.4 Å². The predicted octanol–water partition coefficient (Wildman–Crippen LogP) is 3.76. The Morgan fingerprint density at radius 2 is 2.10 bits per heavy atom. The number of hydrogen-bond donors (Lipinski definition) is 1. The molecule has 0 saturated carbocycles. The predicted molar refractivity (Wildman–Crippen MR) is 110 cm³/mol. The summed E-state index contributed by atoms with van der Waals surface area (Å²) in [6.45, 7) is 2.22. The summed E-state index contributed by atoms with van der Waals surface area (Å²) >= 11 is 0. The molecule has 1 unspecified atom stereocenters. The third kappa shape index (κ3) is 3.89. The molecule has 0 radical (unpaired) electrons. The summed E-state index contributed by atoms with van der Waals surface area (Å²) in [4.78, 5) is 26.8. The van der Waals surface area contributed by atoms with Crippen LogP contribution in [0.5, 0.6) is 5.75 Å². The van der Waals surface area contributed by atoms with Crippen molar-refractivity contribution in [2.75, 3.05) is 16.8 Å². The van der Waals surface area contributed by atoms with E-state index in [9.17, 15) is 9.59 Å². The first-order chi connectivity index (χ1) is 14.5. The molecule has 1 aliphatic heterocycles. The average molecular weight is 401 g/mol. The molecular formula is C23H19N3O4. The number of hydrogen-bond acceptors (Lipinski definition) is 5. The number of nitrogens with zero attached hydrogens (tertiary/aromatic N) is 2. The van der Waals surface area contributed by atoms with Gasteiger partial charge in [-0.15, -0.1) is 0 Å². The van der Waals surface area contributed by atoms with E-state index in [1.807, 2.05) is 18.2 Å². The number of ether oxygens (including phenoxy) is 1. The fourth-order valence-corrected chi connectivity index (χ4v) is 3.37. The smallest absolute Gasteiger partial charge is 0.265 e. The number of rotatable bonds is 5. The summed E-state index contributed by atoms with van der Waals surface area (Å²) in [5.41, 5.74) is 3.43. The van der Waals surface area contributed by atoms with E-state index in [-0.39, 0.29) is 11.8 Å². The van der Waals surface area contributed by atoms with Gasteiger partial charge in [-0.1, -0.05) is 6.07 Å². The third-order valence-corrected chi connectivity index (χ3v) is 4.90. The Balaban J connectivity index is 1.42. The molecular weight excluding hydrogens is 382 g/mol. The van der Waals surface area contributed by atoms with Gasteiger partial charge in [0.25, 0.3) is 11.8 Å². The van der Waals surface area contributed by atoms with E-state index in [1.165, 1.54) is 12.5 Å². The maximum absolute atomic E-state index is 12.6. The molecule has 1 aliphatic rings. The monoisotopic (exact) mass is 401 g/mol. The highest BCUT2D eigenvalue weighted by molar-refractivity contribution is 6.07. The standard InChI is InChI=1S/C23H19N3O4/c1-15(30-20-4-2-3-16(11-20)13-24)22(27)25-19-5-6-21-17(12-19)7-9-26(21)23(28)18-8-10-29-14-18/h2-6,8,10-12,14-15H,7,9H2,1H3,(H,25,27). The second-order valence-electron chi connectivity index (χ2n) is 6.95. The molecule has 1 N–H and O–H groups in total. The fourth-order valence-electron chi connectivity index (χ4n) is 3.37. The van der Waals surface area contributed by atoms with Gasteiger partial charge in [-0.05, 0) is 61.4 Å². The van der Waals surface area contributed by atoms with Gasteiger partial charge in [0.1, 0.15) is 12.0 Å². The second kappa shape index (κ2) is 8.13. The van der Waals surface area contributed by atoms with E-state index in [0.717, 1.165) is 11.3 Å². The van der Waals surface area contributed by atoms with E-state index in [2.05, 4.69) is 5.32 Å². The van der Waals surface area contributed by atoms with Gasteiger partial charge in [0.2, 0.25) is 0 Å². The molecule has 30 heavy (non-hydrogen) atoms. The zero-order chi connectivity index (χ0) is 21.1. The highest BCUT2D eigenvalue weighted by atomic mass is 16.5. The first-order valence-electron chi connectivity index (χ1n) is 9.50. The van der Waals surface area contributed by atoms with Gasteiger partial charge in [-0.3, -0.25) is 9.59 Å². The molecule has 3 aromatic rings. The van der Waals surface area contributed by atoms with Crippen LogP contribution in [0.25, 0.3) is 0 Å². The van der Waals surface area contributed by atoms with Gasteiger partial charge < -0.3 is 19.4 Å². The molecule has 0 fully saturated rings. The molecule has 2 amide bonds. The van der Waals surface area contributed by atoms with Crippen LogP contribution in [0.3, 0.4) is 0 Å². The van der Waals surface area contributed by atoms with Crippen molar-refractivity contribution in [1.82, 2.24) is 0 Å². The summed E-state index contributed by atoms with van der Waals surface area (Å²) in [5.74, 6) is 0.0431. The van der Waals surface area contributed by atoms with Crippen LogP contribution in [-0.4, -0.2) is 24.5 Å². The lowest BCUT2D eigenvalue weighted by molar-refractivity contribution is -0.122. The molecule has 1 aromatic heterocycles. The Bertz CT molecular complexity index is 1130. The van der Waals surface area contributed by atoms with Crippen LogP contribution in [0, 0.1) is 11.3 Å². The van der Waals surface area contributed by atoms with Crippen LogP contribution < -0.4 is 15.0 Å². The minimum absolute atomic E-state index is 0.110. The lowest BCUT2D eigenvalue weighted by Crippen LogP contribution is -2.30. The van der Waals surface area contributed by atoms with E-state index in [1.54, 1.807) is 48.2 Å². The molecule has 7 heteroatoms. The second-order valence-corrected chi connectivity index (χ2v) is 6.95. The molecule has 0 spiro atoms. The number of furan rings is 1. The van der Waals surface area contributed by atoms with Crippen LogP contribution in [0.2, 0.25) is 0 Å². The Labute approximate surface area is 173 Å². The van der Waals surface area contributed by atoms with Crippen LogP contribution in [0.4, 0.5) is 11.4 Å². The summed E-state index contributed by atoms with van der Waals surface area (Å²) in [7, 11) is 0. The van der Waals surface area contributed by atoms with Crippen molar-refractivity contribution in [3.8, 4) is 11.8 Å². The number of fused-ring (bicyclic) bond motifs is 1. The number of nitriles is 1. The van der Waals surface area contributed by atoms with Crippen molar-refractivity contribution in [1.29, 1.82) is 5.26 Å². The number of amides is 2. The van der Waals surface area contributed by atoms with E-state index >= 15 is 0 Å². The van der Waals surface area contributed by atoms with Crippen LogP contribution in [0.1, 0.15) is 28.4 Å². The van der Waals surface area contributed by atoms with E-state index < -0.39 is 6.10 Å². The normalized spacial score (nSPS) is 13.3. The molecule has 4 rings (SSSR count). The Morgan fingerprint density at radius 3 is 2.87 bits per heavy atom. The molecule has 0 aliphatic carbocycles. The Morgan fingerprint density at radius 1 is 1.23 bits per heavy atom. The molecule has 7 nitrogen and oxygen atoms in total. The molecule has 2 aromatic carbocycles. The van der Waals surface area contributed by atoms with Crippen LogP contribution in [0.15, 0.2) is 65.5 Å². The zero-order valence-corrected chi connectivity index (χ0v) is 16.3. The average Bonchev–Trinajstić information content (AvgIpc) is 3.43. The van der Waals surface area contributed by atoms with Crippen LogP contribution >= 0.6 is 0 Å². The molecule has 2 heterocycles. The topological polar surface area (TPSA) is 95.6 Å². The van der Waals surface area contributed by atoms with Crippen molar-refractivity contribution in [3.63, 3.8) is 0 Å². The highest BCUT2D eigenvalue weighted by Crippen LogP contribution is 2.31. The van der Waals surface area contributed by atoms with Gasteiger partial charge in [-0.2, -0.15) is 5.26 Å². The molecule has 0 bridgehead atoms. The van der Waals surface area contributed by atoms with Crippen molar-refractivity contribution >= 4 is 23.2 Å². The zero-order valence-electron chi connectivity index (χ0n) is 16.3. The highest BCUT2D eigenvalue weighted by Gasteiger charge is 2.26. The minimum Gasteiger partial charge on any atom is -0.481 e. The molecule has 1 atom stereocenters. The summed E-state index contributed by atoms with van der Waals surface area (Å²) in [5, 5.41) is 11.8. The summed E-state index contributed by atoms with van der Waals surface area (Å²) in [6.07, 6.45) is 2.87. The fraction of sp³-hybridized carbons (Fsp3) is 0.174. The molecule has 0 saturated heterocycles. The molecule has 150 valence electrons. The first kappa shape index (κ1) is 19.3.